The predicted molar refractivity (Wildman–Crippen MR) is 63.0 cm³/mol. The number of halogens is 3. The predicted octanol–water partition coefficient (Wildman–Crippen LogP) is 3.23. The number of nitrogens with one attached hydrogen (secondary N) is 1. The van der Waals surface area contributed by atoms with Gasteiger partial charge >= 0.3 is 6.18 Å². The molecule has 0 radical (unpaired) electrons. The fraction of sp³-hybridized carbons (Fsp3) is 1.00. The molecule has 0 saturated heterocycles. The largest absolute Gasteiger partial charge is 0.411 e. The van der Waals surface area contributed by atoms with Crippen LogP contribution in [0.2, 0.25) is 0 Å². The first-order valence-electron chi connectivity index (χ1n) is 6.00. The van der Waals surface area contributed by atoms with Crippen LogP contribution in [-0.4, -0.2) is 33.0 Å². The van der Waals surface area contributed by atoms with Crippen LogP contribution in [0.15, 0.2) is 0 Å². The summed E-state index contributed by atoms with van der Waals surface area (Å²) in [5, 5.41) is 3.13. The van der Waals surface area contributed by atoms with Crippen LogP contribution in [0.4, 0.5) is 13.2 Å². The standard InChI is InChI=1S/C12H24F3NO/c1-10(2)11(3,8-16-4)6-5-7-17-9-12(13,14)15/h10,16H,5-9H2,1-4H3. The van der Waals surface area contributed by atoms with Crippen LogP contribution >= 0.6 is 0 Å². The third kappa shape index (κ3) is 7.60. The van der Waals surface area contributed by atoms with Gasteiger partial charge in [0.1, 0.15) is 6.61 Å². The van der Waals surface area contributed by atoms with Gasteiger partial charge in [-0.2, -0.15) is 13.2 Å². The van der Waals surface area contributed by atoms with Crippen molar-refractivity contribution >= 4 is 0 Å². The van der Waals surface area contributed by atoms with Crippen molar-refractivity contribution in [3.05, 3.63) is 0 Å². The Kier molecular flexibility index (Phi) is 7.09. The van der Waals surface area contributed by atoms with E-state index in [2.05, 4.69) is 30.8 Å². The highest BCUT2D eigenvalue weighted by molar-refractivity contribution is 4.79. The van der Waals surface area contributed by atoms with Gasteiger partial charge in [0.05, 0.1) is 0 Å². The van der Waals surface area contributed by atoms with Gasteiger partial charge in [-0.15, -0.1) is 0 Å². The van der Waals surface area contributed by atoms with Gasteiger partial charge < -0.3 is 10.1 Å². The molecule has 0 aliphatic heterocycles. The van der Waals surface area contributed by atoms with Crippen molar-refractivity contribution in [2.45, 2.75) is 39.8 Å². The second kappa shape index (κ2) is 7.21. The normalized spacial score (nSPS) is 16.2. The maximum Gasteiger partial charge on any atom is 0.411 e. The Morgan fingerprint density at radius 3 is 2.24 bits per heavy atom. The summed E-state index contributed by atoms with van der Waals surface area (Å²) in [6.07, 6.45) is -2.69. The van der Waals surface area contributed by atoms with Crippen molar-refractivity contribution in [1.82, 2.24) is 5.32 Å². The lowest BCUT2D eigenvalue weighted by molar-refractivity contribution is -0.174. The molecule has 0 saturated carbocycles. The molecule has 17 heavy (non-hydrogen) atoms. The molecule has 104 valence electrons. The molecule has 0 aromatic carbocycles. The van der Waals surface area contributed by atoms with E-state index in [0.29, 0.717) is 12.3 Å². The first kappa shape index (κ1) is 16.7. The first-order valence-corrected chi connectivity index (χ1v) is 6.00. The van der Waals surface area contributed by atoms with Crippen molar-refractivity contribution in [1.29, 1.82) is 0 Å². The molecule has 1 N–H and O–H groups in total. The smallest absolute Gasteiger partial charge is 0.372 e. The van der Waals surface area contributed by atoms with Gasteiger partial charge in [-0.25, -0.2) is 0 Å². The van der Waals surface area contributed by atoms with Gasteiger partial charge in [-0.3, -0.25) is 0 Å². The molecule has 2 nitrogen and oxygen atoms in total. The minimum absolute atomic E-state index is 0.107. The molecule has 0 amide bonds. The molecule has 0 rings (SSSR count). The average molecular weight is 255 g/mol. The zero-order chi connectivity index (χ0) is 13.5. The Labute approximate surface area is 102 Å². The monoisotopic (exact) mass is 255 g/mol. The number of rotatable bonds is 8. The maximum atomic E-state index is 11.8. The number of ether oxygens (including phenoxy) is 1. The van der Waals surface area contributed by atoms with E-state index >= 15 is 0 Å². The fourth-order valence-corrected chi connectivity index (χ4v) is 1.75. The van der Waals surface area contributed by atoms with E-state index in [4.69, 9.17) is 0 Å². The Morgan fingerprint density at radius 1 is 1.24 bits per heavy atom. The van der Waals surface area contributed by atoms with Crippen LogP contribution < -0.4 is 5.32 Å². The summed E-state index contributed by atoms with van der Waals surface area (Å²) in [6, 6.07) is 0. The summed E-state index contributed by atoms with van der Waals surface area (Å²) in [5.74, 6) is 0.484. The summed E-state index contributed by atoms with van der Waals surface area (Å²) < 4.78 is 40.1. The fourth-order valence-electron chi connectivity index (χ4n) is 1.75. The van der Waals surface area contributed by atoms with Crippen LogP contribution in [-0.2, 0) is 4.74 Å². The average Bonchev–Trinajstić information content (AvgIpc) is 2.15. The molecule has 0 aromatic heterocycles. The van der Waals surface area contributed by atoms with Crippen molar-refractivity contribution in [3.8, 4) is 0 Å². The molecule has 0 spiro atoms. The van der Waals surface area contributed by atoms with Gasteiger partial charge in [-0.05, 0) is 31.2 Å². The molecule has 0 bridgehead atoms. The molecular weight excluding hydrogens is 231 g/mol. The highest BCUT2D eigenvalue weighted by atomic mass is 19.4. The molecule has 0 aliphatic rings. The quantitative estimate of drug-likeness (QED) is 0.672. The highest BCUT2D eigenvalue weighted by Crippen LogP contribution is 2.31. The number of hydrogen-bond donors (Lipinski definition) is 1. The lowest BCUT2D eigenvalue weighted by Gasteiger charge is -2.33. The summed E-state index contributed by atoms with van der Waals surface area (Å²) in [4.78, 5) is 0. The molecule has 0 fully saturated rings. The van der Waals surface area contributed by atoms with E-state index in [1.165, 1.54) is 0 Å². The molecular formula is C12H24F3NO. The van der Waals surface area contributed by atoms with Crippen molar-refractivity contribution in [2.24, 2.45) is 11.3 Å². The minimum atomic E-state index is -4.22. The third-order valence-corrected chi connectivity index (χ3v) is 3.28. The zero-order valence-electron chi connectivity index (χ0n) is 11.2. The first-order chi connectivity index (χ1) is 7.71. The molecule has 0 aromatic rings. The minimum Gasteiger partial charge on any atom is -0.372 e. The molecule has 1 atom stereocenters. The molecule has 1 unspecified atom stereocenters. The van der Waals surface area contributed by atoms with Gasteiger partial charge in [0.2, 0.25) is 0 Å². The van der Waals surface area contributed by atoms with E-state index in [9.17, 15) is 13.2 Å². The third-order valence-electron chi connectivity index (χ3n) is 3.28. The Morgan fingerprint density at radius 2 is 1.82 bits per heavy atom. The van der Waals surface area contributed by atoms with Gasteiger partial charge in [0.15, 0.2) is 0 Å². The van der Waals surface area contributed by atoms with E-state index < -0.39 is 12.8 Å². The lowest BCUT2D eigenvalue weighted by atomic mass is 9.75. The number of alkyl halides is 3. The van der Waals surface area contributed by atoms with E-state index in [-0.39, 0.29) is 12.0 Å². The second-order valence-corrected chi connectivity index (χ2v) is 5.11. The highest BCUT2D eigenvalue weighted by Gasteiger charge is 2.29. The van der Waals surface area contributed by atoms with Crippen LogP contribution in [0.5, 0.6) is 0 Å². The van der Waals surface area contributed by atoms with E-state index in [1.807, 2.05) is 7.05 Å². The SMILES string of the molecule is CNCC(C)(CCCOCC(F)(F)F)C(C)C. The van der Waals surface area contributed by atoms with E-state index in [1.54, 1.807) is 0 Å². The summed E-state index contributed by atoms with van der Waals surface area (Å²) in [5.41, 5.74) is 0.107. The van der Waals surface area contributed by atoms with Crippen molar-refractivity contribution in [3.63, 3.8) is 0 Å². The van der Waals surface area contributed by atoms with Crippen LogP contribution in [0, 0.1) is 11.3 Å². The van der Waals surface area contributed by atoms with E-state index in [0.717, 1.165) is 13.0 Å². The Hall–Kier alpha value is -0.290. The molecule has 0 aliphatic carbocycles. The van der Waals surface area contributed by atoms with Crippen molar-refractivity contribution < 1.29 is 17.9 Å². The number of hydrogen-bond acceptors (Lipinski definition) is 2. The Bertz CT molecular complexity index is 206. The van der Waals surface area contributed by atoms with Gasteiger partial charge in [0.25, 0.3) is 0 Å². The van der Waals surface area contributed by atoms with Crippen LogP contribution in [0.1, 0.15) is 33.6 Å². The topological polar surface area (TPSA) is 21.3 Å². The van der Waals surface area contributed by atoms with Crippen LogP contribution in [0.3, 0.4) is 0 Å². The summed E-state index contributed by atoms with van der Waals surface area (Å²) in [6.45, 7) is 6.31. The lowest BCUT2D eigenvalue weighted by Crippen LogP contribution is -2.34. The summed E-state index contributed by atoms with van der Waals surface area (Å²) in [7, 11) is 1.89. The van der Waals surface area contributed by atoms with Crippen LogP contribution in [0.25, 0.3) is 0 Å². The maximum absolute atomic E-state index is 11.8. The van der Waals surface area contributed by atoms with Crippen molar-refractivity contribution in [2.75, 3.05) is 26.8 Å². The molecule has 5 heteroatoms. The second-order valence-electron chi connectivity index (χ2n) is 5.11. The Balaban J connectivity index is 3.84. The molecule has 0 heterocycles. The van der Waals surface area contributed by atoms with Gasteiger partial charge in [-0.1, -0.05) is 20.8 Å². The zero-order valence-corrected chi connectivity index (χ0v) is 11.2. The van der Waals surface area contributed by atoms with Gasteiger partial charge in [0, 0.05) is 13.2 Å². The summed E-state index contributed by atoms with van der Waals surface area (Å²) >= 11 is 0.